The largest absolute Gasteiger partial charge is 0.494 e. The van der Waals surface area contributed by atoms with Crippen molar-refractivity contribution in [3.05, 3.63) is 63.5 Å². The molecule has 1 amide bonds. The van der Waals surface area contributed by atoms with Crippen LogP contribution in [0.4, 0.5) is 0 Å². The van der Waals surface area contributed by atoms with Crippen LogP contribution in [-0.4, -0.2) is 13.0 Å². The highest BCUT2D eigenvalue weighted by molar-refractivity contribution is 7.21. The number of methoxy groups -OCH3 is 1. The van der Waals surface area contributed by atoms with E-state index in [-0.39, 0.29) is 5.91 Å². The number of halogens is 1. The molecule has 25 heavy (non-hydrogen) atoms. The summed E-state index contributed by atoms with van der Waals surface area (Å²) < 4.78 is 6.44. The summed E-state index contributed by atoms with van der Waals surface area (Å²) >= 11 is 7.47. The van der Waals surface area contributed by atoms with E-state index in [2.05, 4.69) is 43.4 Å². The SMILES string of the molecule is COc1c(C(=O)NCc2ccc(C(C)C)cc2)sc2ccc(Cl)cc12. The smallest absolute Gasteiger partial charge is 0.265 e. The van der Waals surface area contributed by atoms with Gasteiger partial charge in [0.05, 0.1) is 7.11 Å². The normalized spacial score (nSPS) is 11.1. The number of rotatable bonds is 5. The van der Waals surface area contributed by atoms with Crippen LogP contribution < -0.4 is 10.1 Å². The molecule has 130 valence electrons. The summed E-state index contributed by atoms with van der Waals surface area (Å²) in [6, 6.07) is 13.9. The van der Waals surface area contributed by atoms with Crippen molar-refractivity contribution in [3.8, 4) is 5.75 Å². The predicted octanol–water partition coefficient (Wildman–Crippen LogP) is 5.62. The molecule has 0 fully saturated rings. The van der Waals surface area contributed by atoms with Gasteiger partial charge in [0.25, 0.3) is 5.91 Å². The highest BCUT2D eigenvalue weighted by atomic mass is 35.5. The van der Waals surface area contributed by atoms with Gasteiger partial charge in [-0.05, 0) is 35.2 Å². The van der Waals surface area contributed by atoms with E-state index in [0.29, 0.717) is 28.1 Å². The van der Waals surface area contributed by atoms with Gasteiger partial charge >= 0.3 is 0 Å². The summed E-state index contributed by atoms with van der Waals surface area (Å²) in [5, 5.41) is 4.47. The lowest BCUT2D eigenvalue weighted by atomic mass is 10.0. The molecular weight excluding hydrogens is 354 g/mol. The van der Waals surface area contributed by atoms with E-state index in [1.54, 1.807) is 7.11 Å². The van der Waals surface area contributed by atoms with E-state index in [0.717, 1.165) is 15.6 Å². The molecule has 0 bridgehead atoms. The molecular formula is C20H20ClNO2S. The second-order valence-corrected chi connectivity index (χ2v) is 7.67. The molecule has 0 saturated carbocycles. The van der Waals surface area contributed by atoms with Gasteiger partial charge in [-0.15, -0.1) is 11.3 Å². The zero-order valence-corrected chi connectivity index (χ0v) is 16.0. The van der Waals surface area contributed by atoms with Gasteiger partial charge in [-0.3, -0.25) is 4.79 Å². The molecule has 5 heteroatoms. The zero-order chi connectivity index (χ0) is 18.0. The number of benzene rings is 2. The third kappa shape index (κ3) is 3.80. The Kier molecular flexibility index (Phi) is 5.30. The first-order chi connectivity index (χ1) is 12.0. The minimum absolute atomic E-state index is 0.137. The maximum absolute atomic E-state index is 12.6. The summed E-state index contributed by atoms with van der Waals surface area (Å²) in [5.41, 5.74) is 2.36. The molecule has 0 spiro atoms. The first kappa shape index (κ1) is 17.8. The van der Waals surface area contributed by atoms with Gasteiger partial charge in [-0.1, -0.05) is 49.7 Å². The third-order valence-electron chi connectivity index (χ3n) is 4.11. The maximum atomic E-state index is 12.6. The fourth-order valence-electron chi connectivity index (χ4n) is 2.68. The van der Waals surface area contributed by atoms with Gasteiger partial charge in [0, 0.05) is 21.7 Å². The minimum atomic E-state index is -0.137. The van der Waals surface area contributed by atoms with Gasteiger partial charge in [0.1, 0.15) is 10.6 Å². The lowest BCUT2D eigenvalue weighted by Gasteiger charge is -2.08. The highest BCUT2D eigenvalue weighted by Crippen LogP contribution is 2.38. The first-order valence-corrected chi connectivity index (χ1v) is 9.32. The Morgan fingerprint density at radius 1 is 1.20 bits per heavy atom. The van der Waals surface area contributed by atoms with Gasteiger partial charge in [-0.2, -0.15) is 0 Å². The standard InChI is InChI=1S/C20H20ClNO2S/c1-12(2)14-6-4-13(5-7-14)11-22-20(23)19-18(24-3)16-10-15(21)8-9-17(16)25-19/h4-10,12H,11H2,1-3H3,(H,22,23). The maximum Gasteiger partial charge on any atom is 0.265 e. The van der Waals surface area contributed by atoms with Gasteiger partial charge < -0.3 is 10.1 Å². The monoisotopic (exact) mass is 373 g/mol. The second kappa shape index (κ2) is 7.46. The van der Waals surface area contributed by atoms with E-state index in [1.807, 2.05) is 18.2 Å². The average Bonchev–Trinajstić information content (AvgIpc) is 2.97. The quantitative estimate of drug-likeness (QED) is 0.630. The lowest BCUT2D eigenvalue weighted by molar-refractivity contribution is 0.0952. The first-order valence-electron chi connectivity index (χ1n) is 8.12. The number of ether oxygens (including phenoxy) is 1. The Bertz CT molecular complexity index is 900. The molecule has 0 atom stereocenters. The number of nitrogens with one attached hydrogen (secondary N) is 1. The number of amides is 1. The average molecular weight is 374 g/mol. The summed E-state index contributed by atoms with van der Waals surface area (Å²) in [6.45, 7) is 4.81. The van der Waals surface area contributed by atoms with Crippen LogP contribution in [0.1, 0.15) is 40.6 Å². The van der Waals surface area contributed by atoms with Crippen molar-refractivity contribution in [3.63, 3.8) is 0 Å². The van der Waals surface area contributed by atoms with Crippen molar-refractivity contribution in [1.29, 1.82) is 0 Å². The predicted molar refractivity (Wildman–Crippen MR) is 105 cm³/mol. The summed E-state index contributed by atoms with van der Waals surface area (Å²) in [4.78, 5) is 13.2. The molecule has 0 aliphatic carbocycles. The highest BCUT2D eigenvalue weighted by Gasteiger charge is 2.19. The van der Waals surface area contributed by atoms with Crippen LogP contribution in [0.5, 0.6) is 5.75 Å². The Labute approximate surface area is 156 Å². The Balaban J connectivity index is 1.78. The van der Waals surface area contributed by atoms with Crippen molar-refractivity contribution in [2.24, 2.45) is 0 Å². The number of carbonyl (C=O) groups excluding carboxylic acids is 1. The Morgan fingerprint density at radius 2 is 1.92 bits per heavy atom. The van der Waals surface area contributed by atoms with E-state index in [1.165, 1.54) is 16.9 Å². The van der Waals surface area contributed by atoms with Crippen LogP contribution in [0.15, 0.2) is 42.5 Å². The lowest BCUT2D eigenvalue weighted by Crippen LogP contribution is -2.22. The molecule has 1 aromatic heterocycles. The van der Waals surface area contributed by atoms with Crippen molar-refractivity contribution in [2.45, 2.75) is 26.3 Å². The van der Waals surface area contributed by atoms with E-state index in [4.69, 9.17) is 16.3 Å². The van der Waals surface area contributed by atoms with Crippen molar-refractivity contribution in [2.75, 3.05) is 7.11 Å². The van der Waals surface area contributed by atoms with Gasteiger partial charge in [0.2, 0.25) is 0 Å². The van der Waals surface area contributed by atoms with Crippen molar-refractivity contribution >= 4 is 38.9 Å². The van der Waals surface area contributed by atoms with Crippen LogP contribution in [-0.2, 0) is 6.54 Å². The summed E-state index contributed by atoms with van der Waals surface area (Å²) in [6.07, 6.45) is 0. The molecule has 3 rings (SSSR count). The van der Waals surface area contributed by atoms with Crippen LogP contribution in [0.2, 0.25) is 5.02 Å². The molecule has 1 N–H and O–H groups in total. The molecule has 0 aliphatic heterocycles. The van der Waals surface area contributed by atoms with Crippen molar-refractivity contribution < 1.29 is 9.53 Å². The van der Waals surface area contributed by atoms with E-state index < -0.39 is 0 Å². The van der Waals surface area contributed by atoms with Crippen LogP contribution in [0.3, 0.4) is 0 Å². The topological polar surface area (TPSA) is 38.3 Å². The number of fused-ring (bicyclic) bond motifs is 1. The minimum Gasteiger partial charge on any atom is -0.494 e. The Hall–Kier alpha value is -2.04. The van der Waals surface area contributed by atoms with Crippen LogP contribution in [0.25, 0.3) is 10.1 Å². The molecule has 2 aromatic carbocycles. The molecule has 0 unspecified atom stereocenters. The molecule has 0 saturated heterocycles. The van der Waals surface area contributed by atoms with Gasteiger partial charge in [-0.25, -0.2) is 0 Å². The number of hydrogen-bond acceptors (Lipinski definition) is 3. The fraction of sp³-hybridized carbons (Fsp3) is 0.250. The van der Waals surface area contributed by atoms with Crippen LogP contribution >= 0.6 is 22.9 Å². The number of carbonyl (C=O) groups is 1. The zero-order valence-electron chi connectivity index (χ0n) is 14.4. The third-order valence-corrected chi connectivity index (χ3v) is 5.50. The number of thiophene rings is 1. The summed E-state index contributed by atoms with van der Waals surface area (Å²) in [7, 11) is 1.57. The fourth-order valence-corrected chi connectivity index (χ4v) is 3.92. The van der Waals surface area contributed by atoms with Crippen molar-refractivity contribution in [1.82, 2.24) is 5.32 Å². The van der Waals surface area contributed by atoms with Crippen LogP contribution in [0, 0.1) is 0 Å². The molecule has 0 aliphatic rings. The molecule has 0 radical (unpaired) electrons. The molecule has 3 nitrogen and oxygen atoms in total. The number of hydrogen-bond donors (Lipinski definition) is 1. The molecule has 1 heterocycles. The second-order valence-electron chi connectivity index (χ2n) is 6.18. The Morgan fingerprint density at radius 3 is 2.56 bits per heavy atom. The van der Waals surface area contributed by atoms with E-state index >= 15 is 0 Å². The molecule has 3 aromatic rings. The van der Waals surface area contributed by atoms with Gasteiger partial charge in [0.15, 0.2) is 0 Å². The van der Waals surface area contributed by atoms with E-state index in [9.17, 15) is 4.79 Å². The summed E-state index contributed by atoms with van der Waals surface area (Å²) in [5.74, 6) is 0.940.